The fraction of sp³-hybridized carbons (Fsp3) is 0.867. The van der Waals surface area contributed by atoms with Crippen molar-refractivity contribution in [2.24, 2.45) is 16.7 Å². The third-order valence-electron chi connectivity index (χ3n) is 5.28. The van der Waals surface area contributed by atoms with E-state index in [9.17, 15) is 0 Å². The van der Waals surface area contributed by atoms with Crippen LogP contribution in [0.25, 0.3) is 0 Å². The molecule has 4 rings (SSSR count). The van der Waals surface area contributed by atoms with Gasteiger partial charge in [-0.1, -0.05) is 32.0 Å². The molecule has 0 aliphatic heterocycles. The highest BCUT2D eigenvalue weighted by atomic mass is 35.5. The zero-order valence-electron chi connectivity index (χ0n) is 11.1. The molecule has 96 valence electrons. The van der Waals surface area contributed by atoms with Crippen molar-refractivity contribution in [1.29, 1.82) is 0 Å². The maximum absolute atomic E-state index is 5.93. The quantitative estimate of drug-likeness (QED) is 0.799. The minimum atomic E-state index is 0.362. The van der Waals surface area contributed by atoms with Gasteiger partial charge in [-0.2, -0.15) is 0 Å². The van der Waals surface area contributed by atoms with E-state index in [1.807, 2.05) is 0 Å². The first-order valence-corrected chi connectivity index (χ1v) is 7.28. The van der Waals surface area contributed by atoms with Crippen LogP contribution in [0.3, 0.4) is 0 Å². The predicted octanol–water partition coefficient (Wildman–Crippen LogP) is 4.08. The molecule has 4 fully saturated rings. The summed E-state index contributed by atoms with van der Waals surface area (Å²) in [5, 5.41) is 4.49. The Balaban J connectivity index is 1.84. The van der Waals surface area contributed by atoms with Crippen molar-refractivity contribution in [3.63, 3.8) is 0 Å². The molecule has 0 amide bonds. The highest BCUT2D eigenvalue weighted by Crippen LogP contribution is 2.66. The van der Waals surface area contributed by atoms with Crippen molar-refractivity contribution < 1.29 is 0 Å². The molecule has 0 radical (unpaired) electrons. The second kappa shape index (κ2) is 3.51. The van der Waals surface area contributed by atoms with Gasteiger partial charge in [-0.25, -0.2) is 0 Å². The first-order valence-electron chi connectivity index (χ1n) is 6.91. The van der Waals surface area contributed by atoms with E-state index >= 15 is 0 Å². The lowest BCUT2D eigenvalue weighted by Crippen LogP contribution is -2.64. The molecule has 0 aromatic rings. The van der Waals surface area contributed by atoms with Crippen LogP contribution < -0.4 is 5.32 Å². The number of rotatable bonds is 3. The standard InChI is InChI=1S/C15H24ClN/c1-11(16)7-17-15-6-12-4-13(2,9-15)8-14(3,5-12)10-15/h12,17H,1,4-10H2,2-3H3. The smallest absolute Gasteiger partial charge is 0.0312 e. The third kappa shape index (κ3) is 2.06. The lowest BCUT2D eigenvalue weighted by atomic mass is 9.43. The summed E-state index contributed by atoms with van der Waals surface area (Å²) < 4.78 is 0. The molecule has 2 unspecified atom stereocenters. The zero-order valence-corrected chi connectivity index (χ0v) is 11.9. The normalized spacial score (nSPS) is 51.8. The summed E-state index contributed by atoms with van der Waals surface area (Å²) in [6, 6.07) is 0. The number of hydrogen-bond donors (Lipinski definition) is 1. The van der Waals surface area contributed by atoms with Gasteiger partial charge in [0.2, 0.25) is 0 Å². The van der Waals surface area contributed by atoms with E-state index in [0.29, 0.717) is 16.4 Å². The first kappa shape index (κ1) is 12.0. The topological polar surface area (TPSA) is 12.0 Å². The van der Waals surface area contributed by atoms with Gasteiger partial charge in [-0.15, -0.1) is 0 Å². The van der Waals surface area contributed by atoms with Gasteiger partial charge >= 0.3 is 0 Å². The van der Waals surface area contributed by atoms with Gasteiger partial charge in [-0.05, 0) is 55.3 Å². The second-order valence-electron chi connectivity index (χ2n) is 7.78. The Kier molecular flexibility index (Phi) is 2.49. The number of halogens is 1. The van der Waals surface area contributed by atoms with Crippen molar-refractivity contribution in [3.8, 4) is 0 Å². The van der Waals surface area contributed by atoms with Crippen LogP contribution in [-0.4, -0.2) is 12.1 Å². The van der Waals surface area contributed by atoms with E-state index in [1.165, 1.54) is 38.5 Å². The van der Waals surface area contributed by atoms with Crippen LogP contribution in [0.5, 0.6) is 0 Å². The largest absolute Gasteiger partial charge is 0.306 e. The highest BCUT2D eigenvalue weighted by Gasteiger charge is 2.59. The molecule has 0 saturated heterocycles. The van der Waals surface area contributed by atoms with Crippen LogP contribution in [0.2, 0.25) is 0 Å². The van der Waals surface area contributed by atoms with Crippen LogP contribution >= 0.6 is 11.6 Å². The summed E-state index contributed by atoms with van der Waals surface area (Å²) in [5.41, 5.74) is 1.52. The Labute approximate surface area is 110 Å². The minimum Gasteiger partial charge on any atom is -0.306 e. The Hall–Kier alpha value is -0.0100. The molecule has 4 aliphatic carbocycles. The number of nitrogens with one attached hydrogen (secondary N) is 1. The van der Waals surface area contributed by atoms with Crippen molar-refractivity contribution in [2.45, 2.75) is 57.9 Å². The third-order valence-corrected chi connectivity index (χ3v) is 5.42. The molecule has 2 atom stereocenters. The lowest BCUT2D eigenvalue weighted by molar-refractivity contribution is -0.116. The van der Waals surface area contributed by atoms with Crippen molar-refractivity contribution in [2.75, 3.05) is 6.54 Å². The van der Waals surface area contributed by atoms with Crippen LogP contribution in [0.15, 0.2) is 11.6 Å². The van der Waals surface area contributed by atoms with Crippen LogP contribution in [0.1, 0.15) is 52.4 Å². The molecule has 1 nitrogen and oxygen atoms in total. The van der Waals surface area contributed by atoms with Gasteiger partial charge in [0.25, 0.3) is 0 Å². The number of hydrogen-bond acceptors (Lipinski definition) is 1. The van der Waals surface area contributed by atoms with E-state index in [4.69, 9.17) is 11.6 Å². The van der Waals surface area contributed by atoms with Crippen LogP contribution in [-0.2, 0) is 0 Å². The summed E-state index contributed by atoms with van der Waals surface area (Å²) >= 11 is 5.93. The van der Waals surface area contributed by atoms with Gasteiger partial charge in [0, 0.05) is 17.1 Å². The van der Waals surface area contributed by atoms with E-state index < -0.39 is 0 Å². The highest BCUT2D eigenvalue weighted by molar-refractivity contribution is 6.29. The molecular formula is C15H24ClN. The predicted molar refractivity (Wildman–Crippen MR) is 73.1 cm³/mol. The molecule has 0 aromatic carbocycles. The summed E-state index contributed by atoms with van der Waals surface area (Å²) in [5.74, 6) is 0.942. The Morgan fingerprint density at radius 2 is 1.76 bits per heavy atom. The van der Waals surface area contributed by atoms with Gasteiger partial charge in [0.05, 0.1) is 0 Å². The Bertz CT molecular complexity index is 344. The summed E-state index contributed by atoms with van der Waals surface area (Å²) in [6.07, 6.45) is 8.39. The fourth-order valence-electron chi connectivity index (χ4n) is 5.93. The van der Waals surface area contributed by atoms with Crippen molar-refractivity contribution >= 4 is 11.6 Å². The van der Waals surface area contributed by atoms with E-state index in [0.717, 1.165) is 17.5 Å². The molecule has 1 N–H and O–H groups in total. The monoisotopic (exact) mass is 253 g/mol. The molecule has 0 heterocycles. The maximum Gasteiger partial charge on any atom is 0.0312 e. The van der Waals surface area contributed by atoms with Crippen molar-refractivity contribution in [3.05, 3.63) is 11.6 Å². The summed E-state index contributed by atoms with van der Waals surface area (Å²) in [6.45, 7) is 9.59. The maximum atomic E-state index is 5.93. The molecule has 4 aliphatic rings. The molecule has 2 heteroatoms. The molecule has 0 spiro atoms. The average molecular weight is 254 g/mol. The SMILES string of the molecule is C=C(Cl)CNC12CC3CC(C)(CC(C)(C3)C1)C2. The second-order valence-corrected chi connectivity index (χ2v) is 8.32. The van der Waals surface area contributed by atoms with E-state index in [1.54, 1.807) is 0 Å². The fourth-order valence-corrected chi connectivity index (χ4v) is 6.00. The van der Waals surface area contributed by atoms with E-state index in [2.05, 4.69) is 25.7 Å². The molecule has 4 saturated carbocycles. The first-order chi connectivity index (χ1) is 7.82. The van der Waals surface area contributed by atoms with Gasteiger partial charge < -0.3 is 5.32 Å². The lowest BCUT2D eigenvalue weighted by Gasteiger charge is -2.65. The van der Waals surface area contributed by atoms with E-state index in [-0.39, 0.29) is 0 Å². The summed E-state index contributed by atoms with van der Waals surface area (Å²) in [4.78, 5) is 0. The Morgan fingerprint density at radius 1 is 1.18 bits per heavy atom. The van der Waals surface area contributed by atoms with Gasteiger partial charge in [-0.3, -0.25) is 0 Å². The molecule has 0 aromatic heterocycles. The zero-order chi connectivity index (χ0) is 12.3. The minimum absolute atomic E-state index is 0.362. The van der Waals surface area contributed by atoms with Gasteiger partial charge in [0.1, 0.15) is 0 Å². The summed E-state index contributed by atoms with van der Waals surface area (Å²) in [7, 11) is 0. The van der Waals surface area contributed by atoms with Gasteiger partial charge in [0.15, 0.2) is 0 Å². The molecule has 17 heavy (non-hydrogen) atoms. The van der Waals surface area contributed by atoms with Crippen LogP contribution in [0, 0.1) is 16.7 Å². The molecular weight excluding hydrogens is 230 g/mol. The molecule has 4 bridgehead atoms. The average Bonchev–Trinajstić information content (AvgIpc) is 2.08. The van der Waals surface area contributed by atoms with Crippen LogP contribution in [0.4, 0.5) is 0 Å². The Morgan fingerprint density at radius 3 is 2.24 bits per heavy atom. The van der Waals surface area contributed by atoms with Crippen molar-refractivity contribution in [1.82, 2.24) is 5.32 Å².